The maximum atomic E-state index is 9.07. The summed E-state index contributed by atoms with van der Waals surface area (Å²) in [7, 11) is -1.79. The lowest BCUT2D eigenvalue weighted by Crippen LogP contribution is -2.40. The predicted molar refractivity (Wildman–Crippen MR) is 109 cm³/mol. The maximum absolute atomic E-state index is 9.07. The fourth-order valence-corrected chi connectivity index (χ4v) is 2.95. The van der Waals surface area contributed by atoms with Crippen molar-refractivity contribution in [2.75, 3.05) is 11.1 Å². The highest BCUT2D eigenvalue weighted by molar-refractivity contribution is 6.74. The van der Waals surface area contributed by atoms with Gasteiger partial charge in [-0.15, -0.1) is 0 Å². The average molecular weight is 381 g/mol. The Morgan fingerprint density at radius 3 is 2.41 bits per heavy atom. The fourth-order valence-electron chi connectivity index (χ4n) is 1.99. The summed E-state index contributed by atoms with van der Waals surface area (Å²) >= 11 is 0. The number of nitrogens with one attached hydrogen (secondary N) is 1. The predicted octanol–water partition coefficient (Wildman–Crippen LogP) is 4.75. The Hall–Kier alpha value is -2.94. The van der Waals surface area contributed by atoms with Crippen LogP contribution in [0, 0.1) is 17.9 Å². The molecule has 0 unspecified atom stereocenters. The smallest absolute Gasteiger partial charge is 0.308 e. The summed E-state index contributed by atoms with van der Waals surface area (Å²) in [4.78, 5) is 11.2. The molecule has 0 saturated heterocycles. The number of nitriles is 1. The standard InChI is InChI=1S/C19H24N6OSi/c1-19(2,3)27(5,6)26-12-13-7-9-14(10-8-13)23-18-16(21)25-17(22-4)15(11-20)24-18/h7-10H,12H2,1-3,5-6H3,(H2,21,25)(H,23,24). The number of rotatable bonds is 5. The third kappa shape index (κ3) is 4.82. The van der Waals surface area contributed by atoms with Crippen LogP contribution in [0.5, 0.6) is 0 Å². The Labute approximate surface area is 161 Å². The van der Waals surface area contributed by atoms with Crippen LogP contribution in [-0.4, -0.2) is 18.3 Å². The van der Waals surface area contributed by atoms with Gasteiger partial charge in [-0.2, -0.15) is 5.26 Å². The topological polar surface area (TPSA) is 101 Å². The van der Waals surface area contributed by atoms with Crippen molar-refractivity contribution in [1.29, 1.82) is 5.26 Å². The molecule has 0 saturated carbocycles. The summed E-state index contributed by atoms with van der Waals surface area (Å²) < 4.78 is 6.22. The molecular formula is C19H24N6OSi. The molecule has 7 nitrogen and oxygen atoms in total. The van der Waals surface area contributed by atoms with Crippen LogP contribution in [0.15, 0.2) is 24.3 Å². The van der Waals surface area contributed by atoms with Gasteiger partial charge in [0.05, 0.1) is 6.61 Å². The molecule has 0 aliphatic heterocycles. The second kappa shape index (κ2) is 7.75. The molecule has 0 aliphatic rings. The van der Waals surface area contributed by atoms with Crippen molar-refractivity contribution < 1.29 is 4.43 Å². The monoisotopic (exact) mass is 380 g/mol. The molecule has 1 aromatic carbocycles. The Morgan fingerprint density at radius 2 is 1.89 bits per heavy atom. The summed E-state index contributed by atoms with van der Waals surface area (Å²) in [5.74, 6) is 0.230. The molecule has 0 spiro atoms. The number of nitrogens with two attached hydrogens (primary N) is 1. The van der Waals surface area contributed by atoms with Crippen molar-refractivity contribution in [3.63, 3.8) is 0 Å². The molecule has 1 heterocycles. The van der Waals surface area contributed by atoms with E-state index in [1.54, 1.807) is 0 Å². The minimum atomic E-state index is -1.79. The quantitative estimate of drug-likeness (QED) is 0.573. The Bertz CT molecular complexity index is 904. The zero-order chi connectivity index (χ0) is 20.2. The lowest BCUT2D eigenvalue weighted by atomic mass is 10.2. The van der Waals surface area contributed by atoms with Crippen molar-refractivity contribution in [2.24, 2.45) is 0 Å². The molecule has 0 aliphatic carbocycles. The van der Waals surface area contributed by atoms with E-state index < -0.39 is 8.32 Å². The summed E-state index contributed by atoms with van der Waals surface area (Å²) in [5, 5.41) is 12.3. The van der Waals surface area contributed by atoms with Crippen LogP contribution >= 0.6 is 0 Å². The minimum absolute atomic E-state index is 0.0545. The molecule has 0 fully saturated rings. The Balaban J connectivity index is 2.11. The van der Waals surface area contributed by atoms with Gasteiger partial charge in [-0.1, -0.05) is 44.5 Å². The van der Waals surface area contributed by atoms with Gasteiger partial charge in [-0.3, -0.25) is 0 Å². The molecule has 140 valence electrons. The third-order valence-electron chi connectivity index (χ3n) is 4.74. The number of hydrogen-bond acceptors (Lipinski definition) is 6. The molecule has 2 aromatic rings. The number of hydrogen-bond donors (Lipinski definition) is 2. The first-order chi connectivity index (χ1) is 12.6. The van der Waals surface area contributed by atoms with E-state index in [4.69, 9.17) is 22.0 Å². The van der Waals surface area contributed by atoms with Crippen molar-refractivity contribution in [1.82, 2.24) is 9.97 Å². The molecule has 1 aromatic heterocycles. The summed E-state index contributed by atoms with van der Waals surface area (Å²) in [6.45, 7) is 18.7. The van der Waals surface area contributed by atoms with Gasteiger partial charge in [0, 0.05) is 5.69 Å². The molecule has 2 rings (SSSR count). The first-order valence-corrected chi connectivity index (χ1v) is 11.4. The molecule has 0 radical (unpaired) electrons. The second-order valence-corrected chi connectivity index (χ2v) is 12.5. The lowest BCUT2D eigenvalue weighted by Gasteiger charge is -2.36. The van der Waals surface area contributed by atoms with Gasteiger partial charge < -0.3 is 20.3 Å². The van der Waals surface area contributed by atoms with E-state index in [0.717, 1.165) is 11.3 Å². The van der Waals surface area contributed by atoms with Crippen molar-refractivity contribution >= 4 is 31.5 Å². The summed E-state index contributed by atoms with van der Waals surface area (Å²) in [6, 6.07) is 9.57. The van der Waals surface area contributed by atoms with Crippen molar-refractivity contribution in [2.45, 2.75) is 45.5 Å². The SMILES string of the molecule is [C-]#[N+]c1nc(N)c(Nc2ccc(CO[Si](C)(C)C(C)(C)C)cc2)nc1C#N. The fraction of sp³-hybridized carbons (Fsp3) is 0.368. The molecule has 8 heteroatoms. The van der Waals surface area contributed by atoms with Crippen LogP contribution in [0.25, 0.3) is 4.85 Å². The second-order valence-electron chi connectivity index (χ2n) is 7.72. The van der Waals surface area contributed by atoms with E-state index >= 15 is 0 Å². The third-order valence-corrected chi connectivity index (χ3v) is 9.22. The van der Waals surface area contributed by atoms with E-state index in [1.165, 1.54) is 0 Å². The number of anilines is 3. The molecule has 27 heavy (non-hydrogen) atoms. The first kappa shape index (κ1) is 20.4. The highest BCUT2D eigenvalue weighted by Crippen LogP contribution is 2.37. The zero-order valence-electron chi connectivity index (χ0n) is 16.3. The molecule has 0 bridgehead atoms. The van der Waals surface area contributed by atoms with Gasteiger partial charge in [-0.05, 0) is 35.8 Å². The number of benzene rings is 1. The Kier molecular flexibility index (Phi) is 5.84. The van der Waals surface area contributed by atoms with Crippen LogP contribution in [0.1, 0.15) is 32.0 Å². The van der Waals surface area contributed by atoms with Gasteiger partial charge in [0.25, 0.3) is 5.82 Å². The largest absolute Gasteiger partial charge is 0.413 e. The van der Waals surface area contributed by atoms with E-state index in [9.17, 15) is 0 Å². The van der Waals surface area contributed by atoms with E-state index in [-0.39, 0.29) is 28.2 Å². The van der Waals surface area contributed by atoms with Crippen LogP contribution in [-0.2, 0) is 11.0 Å². The number of nitrogen functional groups attached to an aromatic ring is 1. The summed E-state index contributed by atoms with van der Waals surface area (Å²) in [5.41, 5.74) is 7.61. The lowest BCUT2D eigenvalue weighted by molar-refractivity contribution is 0.276. The molecule has 3 N–H and O–H groups in total. The molecule has 0 atom stereocenters. The van der Waals surface area contributed by atoms with Gasteiger partial charge in [-0.25, -0.2) is 4.98 Å². The Morgan fingerprint density at radius 1 is 1.26 bits per heavy atom. The van der Waals surface area contributed by atoms with Gasteiger partial charge in [0.15, 0.2) is 19.8 Å². The van der Waals surface area contributed by atoms with Crippen LogP contribution in [0.3, 0.4) is 0 Å². The van der Waals surface area contributed by atoms with E-state index in [1.807, 2.05) is 30.3 Å². The highest BCUT2D eigenvalue weighted by atomic mass is 28.4. The average Bonchev–Trinajstić information content (AvgIpc) is 2.61. The highest BCUT2D eigenvalue weighted by Gasteiger charge is 2.36. The molecule has 0 amide bonds. The van der Waals surface area contributed by atoms with E-state index in [0.29, 0.717) is 6.61 Å². The van der Waals surface area contributed by atoms with Crippen molar-refractivity contribution in [3.05, 3.63) is 46.9 Å². The van der Waals surface area contributed by atoms with E-state index in [2.05, 4.69) is 54.0 Å². The number of nitrogens with zero attached hydrogens (tertiary/aromatic N) is 4. The van der Waals surface area contributed by atoms with Gasteiger partial charge in [0.2, 0.25) is 0 Å². The van der Waals surface area contributed by atoms with Crippen LogP contribution in [0.2, 0.25) is 18.1 Å². The van der Waals surface area contributed by atoms with Gasteiger partial charge >= 0.3 is 5.82 Å². The summed E-state index contributed by atoms with van der Waals surface area (Å²) in [6.07, 6.45) is 0. The maximum Gasteiger partial charge on any atom is 0.308 e. The van der Waals surface area contributed by atoms with Crippen LogP contribution in [0.4, 0.5) is 23.1 Å². The number of aromatic nitrogens is 2. The molecular weight excluding hydrogens is 356 g/mol. The van der Waals surface area contributed by atoms with Crippen LogP contribution < -0.4 is 11.1 Å². The van der Waals surface area contributed by atoms with Gasteiger partial charge in [0.1, 0.15) is 6.07 Å². The minimum Gasteiger partial charge on any atom is -0.413 e. The van der Waals surface area contributed by atoms with Crippen molar-refractivity contribution in [3.8, 4) is 6.07 Å². The normalized spacial score (nSPS) is 11.5. The first-order valence-electron chi connectivity index (χ1n) is 8.52. The zero-order valence-corrected chi connectivity index (χ0v) is 17.3.